The van der Waals surface area contributed by atoms with Crippen molar-refractivity contribution in [2.45, 2.75) is 38.6 Å². The zero-order valence-electron chi connectivity index (χ0n) is 14.9. The number of piperidine rings is 1. The summed E-state index contributed by atoms with van der Waals surface area (Å²) in [5.41, 5.74) is 2.03. The lowest BCUT2D eigenvalue weighted by molar-refractivity contribution is 0.455. The van der Waals surface area contributed by atoms with Crippen molar-refractivity contribution in [1.82, 2.24) is 19.7 Å². The molecule has 5 nitrogen and oxygen atoms in total. The number of nitrogens with zero attached hydrogens (tertiary/aromatic N) is 5. The van der Waals surface area contributed by atoms with E-state index in [4.69, 9.17) is 11.6 Å². The lowest BCUT2D eigenvalue weighted by atomic mass is 9.96. The molecule has 0 spiro atoms. The fourth-order valence-corrected chi connectivity index (χ4v) is 4.65. The van der Waals surface area contributed by atoms with E-state index in [9.17, 15) is 0 Å². The maximum Gasteiger partial charge on any atom is 0.137 e. The molecule has 0 N–H and O–H groups in total. The van der Waals surface area contributed by atoms with Crippen molar-refractivity contribution in [2.75, 3.05) is 18.0 Å². The summed E-state index contributed by atoms with van der Waals surface area (Å²) in [6.07, 6.45) is 5.95. The topological polar surface area (TPSA) is 46.8 Å². The van der Waals surface area contributed by atoms with Crippen LogP contribution in [0.3, 0.4) is 0 Å². The lowest BCUT2D eigenvalue weighted by Gasteiger charge is -2.35. The molecule has 4 rings (SSSR count). The van der Waals surface area contributed by atoms with Crippen molar-refractivity contribution < 1.29 is 0 Å². The molecule has 0 bridgehead atoms. The Morgan fingerprint density at radius 3 is 2.96 bits per heavy atom. The molecule has 0 aliphatic carbocycles. The van der Waals surface area contributed by atoms with Crippen LogP contribution >= 0.6 is 27.5 Å². The van der Waals surface area contributed by atoms with Crippen molar-refractivity contribution in [3.8, 4) is 0 Å². The molecule has 2 aromatic heterocycles. The quantitative estimate of drug-likeness (QED) is 0.568. The zero-order chi connectivity index (χ0) is 18.3. The van der Waals surface area contributed by atoms with Gasteiger partial charge in [0.05, 0.1) is 10.5 Å². The minimum Gasteiger partial charge on any atom is -0.370 e. The van der Waals surface area contributed by atoms with Gasteiger partial charge in [0.15, 0.2) is 0 Å². The van der Waals surface area contributed by atoms with Crippen LogP contribution in [0.25, 0.3) is 10.9 Å². The summed E-state index contributed by atoms with van der Waals surface area (Å²) >= 11 is 9.96. The second kappa shape index (κ2) is 7.16. The number of benzene rings is 1. The first-order chi connectivity index (χ1) is 12.5. The van der Waals surface area contributed by atoms with Gasteiger partial charge in [0.1, 0.15) is 12.2 Å². The molecule has 1 aliphatic rings. The summed E-state index contributed by atoms with van der Waals surface area (Å²) in [5.74, 6) is 1.46. The molecule has 0 amide bonds. The summed E-state index contributed by atoms with van der Waals surface area (Å²) < 4.78 is 3.16. The second-order valence-electron chi connectivity index (χ2n) is 7.09. The van der Waals surface area contributed by atoms with E-state index < -0.39 is 0 Å². The highest BCUT2D eigenvalue weighted by atomic mass is 79.9. The van der Waals surface area contributed by atoms with Crippen LogP contribution in [-0.4, -0.2) is 32.8 Å². The van der Waals surface area contributed by atoms with Crippen LogP contribution in [0.4, 0.5) is 5.69 Å². The van der Waals surface area contributed by atoms with Crippen LogP contribution in [0, 0.1) is 0 Å². The Labute approximate surface area is 166 Å². The number of halogens is 2. The van der Waals surface area contributed by atoms with Gasteiger partial charge in [0, 0.05) is 46.8 Å². The van der Waals surface area contributed by atoms with Gasteiger partial charge in [-0.1, -0.05) is 27.5 Å². The molecular formula is C19H21BrClN5. The predicted octanol–water partition coefficient (Wildman–Crippen LogP) is 5.21. The summed E-state index contributed by atoms with van der Waals surface area (Å²) in [5, 5.41) is 10.3. The van der Waals surface area contributed by atoms with E-state index in [1.54, 1.807) is 0 Å². The normalized spacial score (nSPS) is 18.0. The van der Waals surface area contributed by atoms with E-state index in [0.717, 1.165) is 47.1 Å². The van der Waals surface area contributed by atoms with E-state index in [0.29, 0.717) is 17.0 Å². The third kappa shape index (κ3) is 3.21. The Hall–Kier alpha value is -1.66. The lowest BCUT2D eigenvalue weighted by Crippen LogP contribution is -2.35. The van der Waals surface area contributed by atoms with Crippen LogP contribution in [-0.2, 0) is 0 Å². The molecule has 1 aliphatic heterocycles. The molecule has 7 heteroatoms. The molecule has 1 aromatic carbocycles. The van der Waals surface area contributed by atoms with E-state index in [-0.39, 0.29) is 0 Å². The van der Waals surface area contributed by atoms with Gasteiger partial charge < -0.3 is 9.47 Å². The Bertz CT molecular complexity index is 939. The van der Waals surface area contributed by atoms with Crippen LogP contribution in [0.1, 0.15) is 44.5 Å². The molecule has 1 atom stereocenters. The van der Waals surface area contributed by atoms with Gasteiger partial charge in [-0.2, -0.15) is 0 Å². The summed E-state index contributed by atoms with van der Waals surface area (Å²) in [6.45, 7) is 6.29. The molecular weight excluding hydrogens is 414 g/mol. The molecule has 1 fully saturated rings. The molecule has 26 heavy (non-hydrogen) atoms. The van der Waals surface area contributed by atoms with Crippen LogP contribution in [0.15, 0.2) is 35.2 Å². The minimum atomic E-state index is 0.367. The molecule has 1 saturated heterocycles. The third-order valence-electron chi connectivity index (χ3n) is 5.02. The smallest absolute Gasteiger partial charge is 0.137 e. The summed E-state index contributed by atoms with van der Waals surface area (Å²) in [6, 6.07) is 6.45. The highest BCUT2D eigenvalue weighted by Crippen LogP contribution is 2.36. The highest BCUT2D eigenvalue weighted by molar-refractivity contribution is 9.10. The van der Waals surface area contributed by atoms with Crippen LogP contribution < -0.4 is 4.90 Å². The van der Waals surface area contributed by atoms with Crippen LogP contribution in [0.5, 0.6) is 0 Å². The number of fused-ring (bicyclic) bond motifs is 1. The Morgan fingerprint density at radius 2 is 2.15 bits per heavy atom. The Kier molecular flexibility index (Phi) is 4.88. The average Bonchev–Trinajstić information content (AvgIpc) is 3.11. The molecule has 3 heterocycles. The first-order valence-electron chi connectivity index (χ1n) is 8.92. The summed E-state index contributed by atoms with van der Waals surface area (Å²) in [4.78, 5) is 6.91. The second-order valence-corrected chi connectivity index (χ2v) is 8.41. The molecule has 0 radical (unpaired) electrons. The predicted molar refractivity (Wildman–Crippen MR) is 109 cm³/mol. The van der Waals surface area contributed by atoms with E-state index in [1.807, 2.05) is 18.6 Å². The first-order valence-corrected chi connectivity index (χ1v) is 10.1. The maximum atomic E-state index is 6.41. The van der Waals surface area contributed by atoms with Crippen molar-refractivity contribution in [3.05, 3.63) is 46.0 Å². The van der Waals surface area contributed by atoms with Crippen molar-refractivity contribution in [1.29, 1.82) is 0 Å². The molecule has 0 saturated carbocycles. The highest BCUT2D eigenvalue weighted by Gasteiger charge is 2.27. The van der Waals surface area contributed by atoms with Crippen molar-refractivity contribution in [2.24, 2.45) is 0 Å². The standard InChI is InChI=1S/C19H21BrClN5/c1-12(2)26-11-23-24-19(26)13-4-3-7-25(10-13)17-5-6-22-18-15(17)8-14(20)9-16(18)21/h5-6,8-9,11-13H,3-4,7,10H2,1-2H3. The SMILES string of the molecule is CC(C)n1cnnc1C1CCCN(c2ccnc3c(Cl)cc(Br)cc23)C1. The first kappa shape index (κ1) is 17.7. The molecule has 3 aromatic rings. The maximum absolute atomic E-state index is 6.41. The van der Waals surface area contributed by atoms with E-state index >= 15 is 0 Å². The van der Waals surface area contributed by atoms with Gasteiger partial charge in [-0.3, -0.25) is 4.98 Å². The Balaban J connectivity index is 1.71. The monoisotopic (exact) mass is 433 g/mol. The minimum absolute atomic E-state index is 0.367. The third-order valence-corrected chi connectivity index (χ3v) is 5.77. The number of hydrogen-bond acceptors (Lipinski definition) is 4. The number of pyridine rings is 1. The van der Waals surface area contributed by atoms with Crippen molar-refractivity contribution >= 4 is 44.1 Å². The van der Waals surface area contributed by atoms with Gasteiger partial charge in [-0.15, -0.1) is 10.2 Å². The van der Waals surface area contributed by atoms with Crippen LogP contribution in [0.2, 0.25) is 5.02 Å². The largest absolute Gasteiger partial charge is 0.370 e. The van der Waals surface area contributed by atoms with Gasteiger partial charge >= 0.3 is 0 Å². The summed E-state index contributed by atoms with van der Waals surface area (Å²) in [7, 11) is 0. The van der Waals surface area contributed by atoms with E-state index in [1.165, 1.54) is 5.69 Å². The van der Waals surface area contributed by atoms with Gasteiger partial charge in [0.25, 0.3) is 0 Å². The number of anilines is 1. The van der Waals surface area contributed by atoms with Gasteiger partial charge in [-0.05, 0) is 44.9 Å². The van der Waals surface area contributed by atoms with E-state index in [2.05, 4.69) is 66.6 Å². The number of aromatic nitrogens is 4. The van der Waals surface area contributed by atoms with Gasteiger partial charge in [-0.25, -0.2) is 0 Å². The zero-order valence-corrected chi connectivity index (χ0v) is 17.2. The fraction of sp³-hybridized carbons (Fsp3) is 0.421. The molecule has 1 unspecified atom stereocenters. The Morgan fingerprint density at radius 1 is 1.31 bits per heavy atom. The van der Waals surface area contributed by atoms with Gasteiger partial charge in [0.2, 0.25) is 0 Å². The molecule has 136 valence electrons. The average molecular weight is 435 g/mol. The number of hydrogen-bond donors (Lipinski definition) is 0. The number of rotatable bonds is 3. The fourth-order valence-electron chi connectivity index (χ4n) is 3.79. The van der Waals surface area contributed by atoms with Crippen molar-refractivity contribution in [3.63, 3.8) is 0 Å².